The highest BCUT2D eigenvalue weighted by Crippen LogP contribution is 2.40. The van der Waals surface area contributed by atoms with Crippen LogP contribution in [0.3, 0.4) is 0 Å². The van der Waals surface area contributed by atoms with E-state index in [0.29, 0.717) is 11.0 Å². The van der Waals surface area contributed by atoms with E-state index in [0.717, 1.165) is 23.3 Å². The van der Waals surface area contributed by atoms with Crippen LogP contribution in [0.5, 0.6) is 5.75 Å². The normalized spacial score (nSPS) is 19.1. The number of nitrogens with two attached hydrogens (primary N) is 1. The van der Waals surface area contributed by atoms with Crippen molar-refractivity contribution in [2.24, 2.45) is 0 Å². The summed E-state index contributed by atoms with van der Waals surface area (Å²) in [5.74, 6) is 1.72. The van der Waals surface area contributed by atoms with E-state index in [4.69, 9.17) is 22.1 Å². The summed E-state index contributed by atoms with van der Waals surface area (Å²) in [6, 6.07) is 15.8. The Bertz CT molecular complexity index is 893. The van der Waals surface area contributed by atoms with E-state index in [1.807, 2.05) is 41.1 Å². The minimum atomic E-state index is -0.0400. The molecule has 25 heavy (non-hydrogen) atoms. The summed E-state index contributed by atoms with van der Waals surface area (Å²) in [4.78, 5) is 4.32. The first-order valence-corrected chi connectivity index (χ1v) is 8.40. The molecule has 0 bridgehead atoms. The van der Waals surface area contributed by atoms with Crippen LogP contribution in [0.15, 0.2) is 48.5 Å². The zero-order valence-electron chi connectivity index (χ0n) is 13.7. The van der Waals surface area contributed by atoms with Gasteiger partial charge in [-0.2, -0.15) is 4.98 Å². The van der Waals surface area contributed by atoms with Crippen molar-refractivity contribution in [2.45, 2.75) is 18.5 Å². The molecule has 0 radical (unpaired) electrons. The zero-order chi connectivity index (χ0) is 17.4. The molecule has 0 amide bonds. The van der Waals surface area contributed by atoms with Gasteiger partial charge >= 0.3 is 0 Å². The molecule has 1 aliphatic heterocycles. The molecule has 128 valence electrons. The van der Waals surface area contributed by atoms with Crippen molar-refractivity contribution in [3.05, 3.63) is 64.7 Å². The minimum Gasteiger partial charge on any atom is -0.497 e. The number of hydrogen-bond donors (Lipinski definition) is 2. The highest BCUT2D eigenvalue weighted by molar-refractivity contribution is 6.31. The van der Waals surface area contributed by atoms with E-state index in [-0.39, 0.29) is 18.0 Å². The topological polar surface area (TPSA) is 78.0 Å². The van der Waals surface area contributed by atoms with Gasteiger partial charge < -0.3 is 15.8 Å². The Kier molecular flexibility index (Phi) is 3.97. The van der Waals surface area contributed by atoms with Crippen LogP contribution in [0.2, 0.25) is 5.02 Å². The summed E-state index contributed by atoms with van der Waals surface area (Å²) in [5, 5.41) is 8.48. The number of rotatable bonds is 3. The largest absolute Gasteiger partial charge is 0.497 e. The summed E-state index contributed by atoms with van der Waals surface area (Å²) in [6.45, 7) is 0. The molecule has 0 unspecified atom stereocenters. The summed E-state index contributed by atoms with van der Waals surface area (Å²) < 4.78 is 7.06. The summed E-state index contributed by atoms with van der Waals surface area (Å²) >= 11 is 6.43. The first kappa shape index (κ1) is 15.8. The Balaban J connectivity index is 1.74. The Hall–Kier alpha value is -2.73. The maximum Gasteiger partial charge on any atom is 0.241 e. The van der Waals surface area contributed by atoms with Gasteiger partial charge in [0.25, 0.3) is 0 Å². The third-order valence-corrected chi connectivity index (χ3v) is 4.83. The molecule has 0 spiro atoms. The van der Waals surface area contributed by atoms with E-state index in [1.54, 1.807) is 7.11 Å². The summed E-state index contributed by atoms with van der Waals surface area (Å²) in [7, 11) is 1.66. The second-order valence-corrected chi connectivity index (χ2v) is 6.39. The molecule has 2 aromatic carbocycles. The molecule has 3 aromatic rings. The predicted octanol–water partition coefficient (Wildman–Crippen LogP) is 3.67. The molecular weight excluding hydrogens is 338 g/mol. The molecule has 0 saturated carbocycles. The van der Waals surface area contributed by atoms with Gasteiger partial charge in [0.1, 0.15) is 5.75 Å². The maximum absolute atomic E-state index is 6.43. The van der Waals surface area contributed by atoms with Gasteiger partial charge in [-0.25, -0.2) is 4.68 Å². The maximum atomic E-state index is 6.43. The molecule has 0 fully saturated rings. The molecule has 7 heteroatoms. The lowest BCUT2D eigenvalue weighted by Gasteiger charge is -2.32. The molecular formula is C18H18ClN5O. The Morgan fingerprint density at radius 3 is 2.68 bits per heavy atom. The summed E-state index contributed by atoms with van der Waals surface area (Å²) in [5.41, 5.74) is 7.98. The lowest BCUT2D eigenvalue weighted by molar-refractivity contribution is 0.413. The SMILES string of the molecule is COc1ccc([C@H]2C[C@H](c3ccccc3Cl)n3nc(N)nc3N2)cc1. The Labute approximate surface area is 150 Å². The van der Waals surface area contributed by atoms with Gasteiger partial charge in [0.2, 0.25) is 11.9 Å². The predicted molar refractivity (Wildman–Crippen MR) is 98.0 cm³/mol. The molecule has 0 aliphatic carbocycles. The van der Waals surface area contributed by atoms with Crippen molar-refractivity contribution in [1.29, 1.82) is 0 Å². The number of ether oxygens (including phenoxy) is 1. The van der Waals surface area contributed by atoms with E-state index in [9.17, 15) is 0 Å². The van der Waals surface area contributed by atoms with Gasteiger partial charge in [-0.3, -0.25) is 0 Å². The van der Waals surface area contributed by atoms with Gasteiger partial charge in [0.15, 0.2) is 0 Å². The van der Waals surface area contributed by atoms with Gasteiger partial charge in [-0.05, 0) is 35.7 Å². The number of nitrogen functional groups attached to an aromatic ring is 1. The highest BCUT2D eigenvalue weighted by Gasteiger charge is 2.31. The molecule has 0 saturated heterocycles. The first-order chi connectivity index (χ1) is 12.2. The molecule has 4 rings (SSSR count). The number of hydrogen-bond acceptors (Lipinski definition) is 5. The third kappa shape index (κ3) is 2.89. The van der Waals surface area contributed by atoms with Gasteiger partial charge in [0, 0.05) is 5.02 Å². The number of benzene rings is 2. The third-order valence-electron chi connectivity index (χ3n) is 4.49. The number of fused-ring (bicyclic) bond motifs is 1. The monoisotopic (exact) mass is 355 g/mol. The van der Waals surface area contributed by atoms with Crippen molar-refractivity contribution in [2.75, 3.05) is 18.2 Å². The first-order valence-electron chi connectivity index (χ1n) is 8.02. The number of anilines is 2. The number of methoxy groups -OCH3 is 1. The minimum absolute atomic E-state index is 0.0400. The average molecular weight is 356 g/mol. The van der Waals surface area contributed by atoms with Crippen LogP contribution >= 0.6 is 11.6 Å². The van der Waals surface area contributed by atoms with E-state index >= 15 is 0 Å². The molecule has 1 aromatic heterocycles. The lowest BCUT2D eigenvalue weighted by Crippen LogP contribution is -2.28. The number of aromatic nitrogens is 3. The van der Waals surface area contributed by atoms with Gasteiger partial charge in [-0.15, -0.1) is 5.10 Å². The van der Waals surface area contributed by atoms with Crippen LogP contribution in [-0.2, 0) is 0 Å². The molecule has 6 nitrogen and oxygen atoms in total. The van der Waals surface area contributed by atoms with Crippen molar-refractivity contribution in [3.63, 3.8) is 0 Å². The van der Waals surface area contributed by atoms with Crippen LogP contribution in [-0.4, -0.2) is 21.9 Å². The Morgan fingerprint density at radius 2 is 1.96 bits per heavy atom. The Morgan fingerprint density at radius 1 is 1.20 bits per heavy atom. The average Bonchev–Trinajstić information content (AvgIpc) is 3.01. The van der Waals surface area contributed by atoms with Gasteiger partial charge in [-0.1, -0.05) is 41.9 Å². The van der Waals surface area contributed by atoms with Crippen LogP contribution in [0.25, 0.3) is 0 Å². The molecule has 2 heterocycles. The standard InChI is InChI=1S/C18H18ClN5O/c1-25-12-8-6-11(7-9-12)15-10-16(13-4-2-3-5-14(13)19)24-18(21-15)22-17(20)23-24/h2-9,15-16H,10H2,1H3,(H3,20,21,22,23)/t15-,16-/m1/s1. The van der Waals surface area contributed by atoms with Crippen LogP contribution < -0.4 is 15.8 Å². The zero-order valence-corrected chi connectivity index (χ0v) is 14.4. The van der Waals surface area contributed by atoms with E-state index in [2.05, 4.69) is 27.5 Å². The smallest absolute Gasteiger partial charge is 0.241 e. The molecule has 3 N–H and O–H groups in total. The number of halogens is 1. The van der Waals surface area contributed by atoms with E-state index in [1.165, 1.54) is 0 Å². The lowest BCUT2D eigenvalue weighted by atomic mass is 9.93. The van der Waals surface area contributed by atoms with E-state index < -0.39 is 0 Å². The fourth-order valence-corrected chi connectivity index (χ4v) is 3.51. The van der Waals surface area contributed by atoms with Crippen LogP contribution in [0, 0.1) is 0 Å². The summed E-state index contributed by atoms with van der Waals surface area (Å²) in [6.07, 6.45) is 0.784. The molecule has 2 atom stereocenters. The van der Waals surface area contributed by atoms with Crippen molar-refractivity contribution >= 4 is 23.5 Å². The van der Waals surface area contributed by atoms with Crippen LogP contribution in [0.1, 0.15) is 29.6 Å². The van der Waals surface area contributed by atoms with Crippen molar-refractivity contribution in [3.8, 4) is 5.75 Å². The number of nitrogens with zero attached hydrogens (tertiary/aromatic N) is 3. The quantitative estimate of drug-likeness (QED) is 0.749. The fraction of sp³-hybridized carbons (Fsp3) is 0.222. The number of nitrogens with one attached hydrogen (secondary N) is 1. The van der Waals surface area contributed by atoms with Crippen molar-refractivity contribution in [1.82, 2.24) is 14.8 Å². The van der Waals surface area contributed by atoms with Gasteiger partial charge in [0.05, 0.1) is 19.2 Å². The fourth-order valence-electron chi connectivity index (χ4n) is 3.25. The van der Waals surface area contributed by atoms with Crippen LogP contribution in [0.4, 0.5) is 11.9 Å². The highest BCUT2D eigenvalue weighted by atomic mass is 35.5. The van der Waals surface area contributed by atoms with Crippen molar-refractivity contribution < 1.29 is 4.74 Å². The second-order valence-electron chi connectivity index (χ2n) is 5.98. The molecule has 1 aliphatic rings. The second kappa shape index (κ2) is 6.29.